The number of nitrogens with zero attached hydrogens (tertiary/aromatic N) is 3. The molecule has 0 saturated carbocycles. The smallest absolute Gasteiger partial charge is 0.339 e. The van der Waals surface area contributed by atoms with Crippen LogP contribution in [-0.4, -0.2) is 48.9 Å². The van der Waals surface area contributed by atoms with Gasteiger partial charge >= 0.3 is 5.97 Å². The number of fused-ring (bicyclic) bond motifs is 1. The minimum absolute atomic E-state index is 0.254. The third kappa shape index (κ3) is 6.06. The fourth-order valence-electron chi connectivity index (χ4n) is 4.07. The van der Waals surface area contributed by atoms with Crippen LogP contribution in [0.4, 0.5) is 4.39 Å². The zero-order valence-corrected chi connectivity index (χ0v) is 23.9. The minimum atomic E-state index is -1.26. The van der Waals surface area contributed by atoms with Crippen LogP contribution in [0.2, 0.25) is 30.7 Å². The fourth-order valence-corrected chi connectivity index (χ4v) is 5.17. The van der Waals surface area contributed by atoms with Gasteiger partial charge in [0, 0.05) is 67.1 Å². The van der Waals surface area contributed by atoms with Crippen LogP contribution in [0.25, 0.3) is 33.3 Å². The van der Waals surface area contributed by atoms with Crippen LogP contribution in [-0.2, 0) is 16.2 Å². The van der Waals surface area contributed by atoms with E-state index in [-0.39, 0.29) is 13.3 Å². The summed E-state index contributed by atoms with van der Waals surface area (Å²) in [6, 6.07) is 7.03. The molecule has 10 heteroatoms. The lowest BCUT2D eigenvalue weighted by Crippen LogP contribution is -2.22. The Kier molecular flexibility index (Phi) is 8.50. The largest absolute Gasteiger partial charge is 0.496 e. The number of benzene rings is 1. The molecular formula is C28H31ClFN3O4Si. The molecule has 38 heavy (non-hydrogen) atoms. The highest BCUT2D eigenvalue weighted by Gasteiger charge is 2.22. The lowest BCUT2D eigenvalue weighted by molar-refractivity contribution is 0.0526. The Balaban J connectivity index is 1.85. The lowest BCUT2D eigenvalue weighted by atomic mass is 10.0. The number of rotatable bonds is 10. The van der Waals surface area contributed by atoms with Gasteiger partial charge < -0.3 is 18.8 Å². The fraction of sp³-hybridized carbons (Fsp3) is 0.321. The highest BCUT2D eigenvalue weighted by Crippen LogP contribution is 2.42. The van der Waals surface area contributed by atoms with Crippen LogP contribution < -0.4 is 4.74 Å². The normalized spacial score (nSPS) is 11.7. The molecule has 3 heterocycles. The summed E-state index contributed by atoms with van der Waals surface area (Å²) in [5, 5.41) is 1.00. The molecule has 0 bridgehead atoms. The number of esters is 1. The zero-order valence-electron chi connectivity index (χ0n) is 22.2. The molecule has 3 aromatic heterocycles. The summed E-state index contributed by atoms with van der Waals surface area (Å²) in [6.45, 7) is 9.78. The number of hydrogen-bond acceptors (Lipinski definition) is 6. The Morgan fingerprint density at radius 3 is 2.61 bits per heavy atom. The van der Waals surface area contributed by atoms with Gasteiger partial charge in [-0.2, -0.15) is 0 Å². The first-order valence-electron chi connectivity index (χ1n) is 12.3. The van der Waals surface area contributed by atoms with Gasteiger partial charge in [0.2, 0.25) is 0 Å². The number of halogens is 2. The number of carbonyl (C=O) groups excluding carboxylic acids is 1. The van der Waals surface area contributed by atoms with E-state index in [1.165, 1.54) is 25.4 Å². The molecule has 0 unspecified atom stereocenters. The second-order valence-corrected chi connectivity index (χ2v) is 16.1. The molecule has 0 N–H and O–H groups in total. The number of ether oxygens (including phenoxy) is 3. The average molecular weight is 556 g/mol. The summed E-state index contributed by atoms with van der Waals surface area (Å²) < 4.78 is 32.9. The van der Waals surface area contributed by atoms with E-state index in [1.807, 2.05) is 10.8 Å². The first-order valence-corrected chi connectivity index (χ1v) is 16.4. The van der Waals surface area contributed by atoms with Crippen molar-refractivity contribution in [3.05, 3.63) is 65.5 Å². The maximum absolute atomic E-state index is 14.4. The van der Waals surface area contributed by atoms with Crippen LogP contribution in [0.3, 0.4) is 0 Å². The summed E-state index contributed by atoms with van der Waals surface area (Å²) in [6.07, 6.45) is 6.54. The van der Waals surface area contributed by atoms with Gasteiger partial charge in [-0.05, 0) is 37.2 Å². The van der Waals surface area contributed by atoms with Crippen LogP contribution in [0.15, 0.2) is 49.1 Å². The summed E-state index contributed by atoms with van der Waals surface area (Å²) in [5.41, 5.74) is 3.26. The first kappa shape index (κ1) is 27.8. The summed E-state index contributed by atoms with van der Waals surface area (Å²) in [7, 11) is 0.280. The molecule has 0 atom stereocenters. The molecular weight excluding hydrogens is 525 g/mol. The predicted molar refractivity (Wildman–Crippen MR) is 150 cm³/mol. The average Bonchev–Trinajstić information content (AvgIpc) is 3.26. The molecule has 0 aliphatic rings. The van der Waals surface area contributed by atoms with Crippen molar-refractivity contribution in [3.8, 4) is 28.0 Å². The van der Waals surface area contributed by atoms with Crippen LogP contribution in [0.5, 0.6) is 5.75 Å². The highest BCUT2D eigenvalue weighted by molar-refractivity contribution is 6.76. The molecule has 0 aliphatic carbocycles. The molecule has 7 nitrogen and oxygen atoms in total. The molecule has 4 rings (SSSR count). The Labute approximate surface area is 227 Å². The number of hydrogen-bond donors (Lipinski definition) is 0. The van der Waals surface area contributed by atoms with Crippen molar-refractivity contribution >= 4 is 36.7 Å². The van der Waals surface area contributed by atoms with E-state index in [0.717, 1.165) is 6.04 Å². The van der Waals surface area contributed by atoms with Crippen molar-refractivity contribution in [2.75, 3.05) is 20.3 Å². The number of methoxy groups -OCH3 is 1. The number of pyridine rings is 2. The number of carbonyl (C=O) groups is 1. The van der Waals surface area contributed by atoms with E-state index in [1.54, 1.807) is 31.5 Å². The van der Waals surface area contributed by atoms with Crippen molar-refractivity contribution in [1.82, 2.24) is 14.5 Å². The topological polar surface area (TPSA) is 75.5 Å². The van der Waals surface area contributed by atoms with Gasteiger partial charge in [0.15, 0.2) is 0 Å². The van der Waals surface area contributed by atoms with E-state index < -0.39 is 19.9 Å². The molecule has 4 aromatic rings. The quantitative estimate of drug-likeness (QED) is 0.118. The molecule has 0 fully saturated rings. The van der Waals surface area contributed by atoms with Crippen LogP contribution in [0, 0.1) is 5.82 Å². The van der Waals surface area contributed by atoms with Gasteiger partial charge in [-0.3, -0.25) is 4.98 Å². The van der Waals surface area contributed by atoms with E-state index in [0.29, 0.717) is 56.2 Å². The second kappa shape index (κ2) is 11.6. The summed E-state index contributed by atoms with van der Waals surface area (Å²) in [5.74, 6) is -0.379. The van der Waals surface area contributed by atoms with Gasteiger partial charge in [-0.25, -0.2) is 14.2 Å². The Morgan fingerprint density at radius 1 is 1.11 bits per heavy atom. The Bertz CT molecular complexity index is 1470. The van der Waals surface area contributed by atoms with Crippen molar-refractivity contribution in [1.29, 1.82) is 0 Å². The van der Waals surface area contributed by atoms with Crippen molar-refractivity contribution in [2.24, 2.45) is 0 Å². The van der Waals surface area contributed by atoms with Gasteiger partial charge in [0.25, 0.3) is 0 Å². The third-order valence-electron chi connectivity index (χ3n) is 6.06. The van der Waals surface area contributed by atoms with Gasteiger partial charge in [0.05, 0.1) is 24.3 Å². The molecule has 0 radical (unpaired) electrons. The molecule has 0 aliphatic heterocycles. The zero-order chi connectivity index (χ0) is 27.4. The van der Waals surface area contributed by atoms with Crippen LogP contribution >= 0.6 is 11.6 Å². The maximum atomic E-state index is 14.4. The summed E-state index contributed by atoms with van der Waals surface area (Å²) in [4.78, 5) is 21.2. The Morgan fingerprint density at radius 2 is 1.89 bits per heavy atom. The van der Waals surface area contributed by atoms with E-state index in [2.05, 4.69) is 24.6 Å². The van der Waals surface area contributed by atoms with E-state index >= 15 is 0 Å². The van der Waals surface area contributed by atoms with Crippen LogP contribution in [0.1, 0.15) is 17.3 Å². The maximum Gasteiger partial charge on any atom is 0.339 e. The SMILES string of the molecule is CCOC(=O)c1cncc(-c2cnc3c(c(-c4cc(F)ccc4OC)cn3COCC[Si](C)(C)C)c2Cl)c1. The van der Waals surface area contributed by atoms with Gasteiger partial charge in [-0.1, -0.05) is 31.2 Å². The Hall–Kier alpha value is -3.27. The van der Waals surface area contributed by atoms with Crippen molar-refractivity contribution in [3.63, 3.8) is 0 Å². The molecule has 200 valence electrons. The van der Waals surface area contributed by atoms with Gasteiger partial charge in [0.1, 0.15) is 23.9 Å². The molecule has 0 saturated heterocycles. The molecule has 0 amide bonds. The van der Waals surface area contributed by atoms with Crippen molar-refractivity contribution < 1.29 is 23.4 Å². The van der Waals surface area contributed by atoms with Crippen molar-refractivity contribution in [2.45, 2.75) is 39.3 Å². The summed E-state index contributed by atoms with van der Waals surface area (Å²) >= 11 is 7.03. The third-order valence-corrected chi connectivity index (χ3v) is 8.16. The standard InChI is InChI=1S/C28H31ClFN3O4Si/c1-6-37-28(34)19-11-18(13-31-14-19)22-15-32-27-25(26(22)29)23(21-12-20(30)7-8-24(21)35-2)16-33(27)17-36-9-10-38(3,4)5/h7-8,11-16H,6,9-10,17H2,1-5H3. The first-order chi connectivity index (χ1) is 18.1. The van der Waals surface area contributed by atoms with Gasteiger partial charge in [-0.15, -0.1) is 0 Å². The minimum Gasteiger partial charge on any atom is -0.496 e. The van der Waals surface area contributed by atoms with E-state index in [4.69, 9.17) is 30.8 Å². The van der Waals surface area contributed by atoms with E-state index in [9.17, 15) is 9.18 Å². The predicted octanol–water partition coefficient (Wildman–Crippen LogP) is 7.06. The monoisotopic (exact) mass is 555 g/mol. The highest BCUT2D eigenvalue weighted by atomic mass is 35.5. The molecule has 0 spiro atoms. The lowest BCUT2D eigenvalue weighted by Gasteiger charge is -2.15. The second-order valence-electron chi connectivity index (χ2n) is 10.1. The molecule has 1 aromatic carbocycles. The number of aromatic nitrogens is 3.